The Morgan fingerprint density at radius 3 is 2.27 bits per heavy atom. The molecule has 0 aliphatic carbocycles. The van der Waals surface area contributed by atoms with Gasteiger partial charge in [0.2, 0.25) is 0 Å². The number of thioether (sulfide) groups is 1. The lowest BCUT2D eigenvalue weighted by Crippen LogP contribution is -2.08. The van der Waals surface area contributed by atoms with Crippen LogP contribution in [-0.4, -0.2) is 21.5 Å². The van der Waals surface area contributed by atoms with Crippen LogP contribution in [0.15, 0.2) is 41.4 Å². The van der Waals surface area contributed by atoms with Crippen molar-refractivity contribution in [3.05, 3.63) is 70.0 Å². The van der Waals surface area contributed by atoms with Crippen LogP contribution < -0.4 is 5.73 Å². The summed E-state index contributed by atoms with van der Waals surface area (Å²) in [6.07, 6.45) is 0. The number of nitriles is 2. The Morgan fingerprint density at radius 2 is 1.67 bits per heavy atom. The summed E-state index contributed by atoms with van der Waals surface area (Å²) in [4.78, 5) is 21.3. The van der Waals surface area contributed by atoms with Crippen molar-refractivity contribution >= 4 is 23.4 Å². The molecule has 0 saturated carbocycles. The number of carbonyl (C=O) groups excluding carboxylic acids is 1. The Hall–Kier alpha value is -3.68. The van der Waals surface area contributed by atoms with Crippen molar-refractivity contribution in [2.24, 2.45) is 0 Å². The van der Waals surface area contributed by atoms with Crippen molar-refractivity contribution in [1.82, 2.24) is 9.97 Å². The average Bonchev–Trinajstić information content (AvgIpc) is 2.72. The molecule has 3 aromatic rings. The van der Waals surface area contributed by atoms with Gasteiger partial charge in [-0.1, -0.05) is 41.6 Å². The fraction of sp³-hybridized carbons (Fsp3) is 0.174. The van der Waals surface area contributed by atoms with Crippen LogP contribution in [0.1, 0.15) is 38.4 Å². The zero-order valence-electron chi connectivity index (χ0n) is 16.9. The number of anilines is 1. The molecule has 0 bridgehead atoms. The number of hydrogen-bond acceptors (Lipinski definition) is 7. The Balaban J connectivity index is 2.01. The van der Waals surface area contributed by atoms with Crippen molar-refractivity contribution in [2.75, 3.05) is 11.5 Å². The number of Topliss-reactive ketones (excluding diaryl/α,β-unsaturated/α-hetero) is 1. The van der Waals surface area contributed by atoms with Crippen LogP contribution in [0.5, 0.6) is 0 Å². The van der Waals surface area contributed by atoms with Crippen molar-refractivity contribution in [3.8, 4) is 23.3 Å². The van der Waals surface area contributed by atoms with E-state index in [9.17, 15) is 15.3 Å². The van der Waals surface area contributed by atoms with E-state index in [0.717, 1.165) is 23.0 Å². The number of nitrogen functional groups attached to an aromatic ring is 1. The summed E-state index contributed by atoms with van der Waals surface area (Å²) < 4.78 is 0. The molecule has 0 fully saturated rings. The SMILES string of the molecule is Cc1ccc(-c2c(C#N)c(N)nc(SCC(=O)c3ccc(C)nc3C)c2C#N)cc1. The summed E-state index contributed by atoms with van der Waals surface area (Å²) in [6.45, 7) is 5.61. The van der Waals surface area contributed by atoms with Gasteiger partial charge >= 0.3 is 0 Å². The highest BCUT2D eigenvalue weighted by atomic mass is 32.2. The Labute approximate surface area is 179 Å². The number of nitrogens with two attached hydrogens (primary N) is 1. The monoisotopic (exact) mass is 413 g/mol. The van der Waals surface area contributed by atoms with Crippen LogP contribution in [0.25, 0.3) is 11.1 Å². The molecule has 0 saturated heterocycles. The van der Waals surface area contributed by atoms with E-state index in [-0.39, 0.29) is 28.5 Å². The number of hydrogen-bond donors (Lipinski definition) is 1. The first-order valence-electron chi connectivity index (χ1n) is 9.16. The van der Waals surface area contributed by atoms with Crippen LogP contribution in [0.2, 0.25) is 0 Å². The minimum atomic E-state index is -0.115. The first-order valence-corrected chi connectivity index (χ1v) is 10.1. The molecular weight excluding hydrogens is 394 g/mol. The van der Waals surface area contributed by atoms with Gasteiger partial charge in [0, 0.05) is 22.5 Å². The molecule has 0 aliphatic heterocycles. The second-order valence-electron chi connectivity index (χ2n) is 6.81. The van der Waals surface area contributed by atoms with Crippen molar-refractivity contribution in [2.45, 2.75) is 25.8 Å². The largest absolute Gasteiger partial charge is 0.383 e. The van der Waals surface area contributed by atoms with Crippen molar-refractivity contribution in [3.63, 3.8) is 0 Å². The molecule has 1 aromatic carbocycles. The van der Waals surface area contributed by atoms with Gasteiger partial charge in [0.1, 0.15) is 28.5 Å². The maximum Gasteiger partial charge on any atom is 0.174 e. The van der Waals surface area contributed by atoms with Crippen LogP contribution in [0.4, 0.5) is 5.82 Å². The van der Waals surface area contributed by atoms with Gasteiger partial charge in [-0.2, -0.15) is 10.5 Å². The number of carbonyl (C=O) groups is 1. The van der Waals surface area contributed by atoms with E-state index in [1.807, 2.05) is 38.1 Å². The molecule has 3 rings (SSSR count). The van der Waals surface area contributed by atoms with Gasteiger partial charge in [0.25, 0.3) is 0 Å². The summed E-state index contributed by atoms with van der Waals surface area (Å²) in [5, 5.41) is 19.8. The van der Waals surface area contributed by atoms with Gasteiger partial charge < -0.3 is 5.73 Å². The van der Waals surface area contributed by atoms with Crippen LogP contribution in [0.3, 0.4) is 0 Å². The smallest absolute Gasteiger partial charge is 0.174 e. The zero-order valence-corrected chi connectivity index (χ0v) is 17.7. The second-order valence-corrected chi connectivity index (χ2v) is 7.78. The van der Waals surface area contributed by atoms with E-state index in [2.05, 4.69) is 22.1 Å². The quantitative estimate of drug-likeness (QED) is 0.487. The Morgan fingerprint density at radius 1 is 1.00 bits per heavy atom. The van der Waals surface area contributed by atoms with Crippen LogP contribution >= 0.6 is 11.8 Å². The van der Waals surface area contributed by atoms with Gasteiger partial charge in [0.15, 0.2) is 5.78 Å². The van der Waals surface area contributed by atoms with E-state index >= 15 is 0 Å². The lowest BCUT2D eigenvalue weighted by molar-refractivity contribution is 0.102. The standard InChI is InChI=1S/C23H19N5OS/c1-13-4-7-16(8-5-13)21-18(10-24)22(26)28-23(19(21)11-25)30-12-20(29)17-9-6-14(2)27-15(17)3/h4-9H,12H2,1-3H3,(H2,26,28). The van der Waals surface area contributed by atoms with E-state index in [1.165, 1.54) is 0 Å². The number of benzene rings is 1. The van der Waals surface area contributed by atoms with E-state index in [1.54, 1.807) is 19.1 Å². The lowest BCUT2D eigenvalue weighted by atomic mass is 9.96. The second kappa shape index (κ2) is 8.77. The predicted molar refractivity (Wildman–Crippen MR) is 117 cm³/mol. The molecule has 0 unspecified atom stereocenters. The number of aromatic nitrogens is 2. The third kappa shape index (κ3) is 4.17. The predicted octanol–water partition coefficient (Wildman–Crippen LogP) is 4.37. The number of aryl methyl sites for hydroxylation is 3. The topological polar surface area (TPSA) is 116 Å². The molecule has 7 heteroatoms. The summed E-state index contributed by atoms with van der Waals surface area (Å²) in [5.74, 6) is -0.00271. The van der Waals surface area contributed by atoms with E-state index < -0.39 is 0 Å². The van der Waals surface area contributed by atoms with Gasteiger partial charge in [-0.15, -0.1) is 0 Å². The minimum absolute atomic E-state index is 0.0372. The number of rotatable bonds is 5. The summed E-state index contributed by atoms with van der Waals surface area (Å²) >= 11 is 1.13. The average molecular weight is 414 g/mol. The third-order valence-electron chi connectivity index (χ3n) is 4.62. The van der Waals surface area contributed by atoms with E-state index in [4.69, 9.17) is 5.73 Å². The molecule has 0 aliphatic rings. The van der Waals surface area contributed by atoms with Crippen LogP contribution in [-0.2, 0) is 0 Å². The number of pyridine rings is 2. The number of ketones is 1. The highest BCUT2D eigenvalue weighted by Crippen LogP contribution is 2.35. The normalized spacial score (nSPS) is 10.3. The highest BCUT2D eigenvalue weighted by Gasteiger charge is 2.21. The molecule has 2 heterocycles. The summed E-state index contributed by atoms with van der Waals surface area (Å²) in [7, 11) is 0. The Bertz CT molecular complexity index is 1220. The first kappa shape index (κ1) is 21.0. The first-order chi connectivity index (χ1) is 14.3. The molecule has 2 aromatic heterocycles. The van der Waals surface area contributed by atoms with Crippen molar-refractivity contribution in [1.29, 1.82) is 10.5 Å². The molecule has 0 spiro atoms. The zero-order chi connectivity index (χ0) is 21.8. The fourth-order valence-corrected chi connectivity index (χ4v) is 3.98. The highest BCUT2D eigenvalue weighted by molar-refractivity contribution is 8.00. The number of nitrogens with zero attached hydrogens (tertiary/aromatic N) is 4. The van der Waals surface area contributed by atoms with Gasteiger partial charge in [-0.05, 0) is 38.5 Å². The molecule has 0 radical (unpaired) electrons. The van der Waals surface area contributed by atoms with Crippen molar-refractivity contribution < 1.29 is 4.79 Å². The summed E-state index contributed by atoms with van der Waals surface area (Å²) in [6, 6.07) is 15.2. The molecule has 2 N–H and O–H groups in total. The minimum Gasteiger partial charge on any atom is -0.383 e. The Kier molecular flexibility index (Phi) is 6.15. The molecule has 148 valence electrons. The molecule has 0 atom stereocenters. The third-order valence-corrected chi connectivity index (χ3v) is 5.60. The molecule has 0 amide bonds. The molecule has 30 heavy (non-hydrogen) atoms. The van der Waals surface area contributed by atoms with Gasteiger partial charge in [0.05, 0.1) is 11.3 Å². The maximum atomic E-state index is 12.7. The fourth-order valence-electron chi connectivity index (χ4n) is 3.10. The summed E-state index contributed by atoms with van der Waals surface area (Å²) in [5.41, 5.74) is 10.7. The molecular formula is C23H19N5OS. The lowest BCUT2D eigenvalue weighted by Gasteiger charge is -2.13. The van der Waals surface area contributed by atoms with Gasteiger partial charge in [-0.3, -0.25) is 9.78 Å². The van der Waals surface area contributed by atoms with Crippen LogP contribution in [0, 0.1) is 43.4 Å². The van der Waals surface area contributed by atoms with E-state index in [0.29, 0.717) is 27.4 Å². The molecule has 6 nitrogen and oxygen atoms in total. The van der Waals surface area contributed by atoms with Gasteiger partial charge in [-0.25, -0.2) is 4.98 Å². The maximum absolute atomic E-state index is 12.7.